The number of carbonyl (C=O) groups excluding carboxylic acids is 2. The third-order valence-corrected chi connectivity index (χ3v) is 5.32. The van der Waals surface area contributed by atoms with Gasteiger partial charge < -0.3 is 14.7 Å². The Kier molecular flexibility index (Phi) is 6.99. The number of anilines is 1. The van der Waals surface area contributed by atoms with Gasteiger partial charge in [-0.1, -0.05) is 31.2 Å². The normalized spacial score (nSPS) is 14.7. The maximum absolute atomic E-state index is 13.2. The van der Waals surface area contributed by atoms with Gasteiger partial charge in [-0.15, -0.1) is 0 Å². The lowest BCUT2D eigenvalue weighted by Crippen LogP contribution is -2.47. The van der Waals surface area contributed by atoms with E-state index in [4.69, 9.17) is 0 Å². The first kappa shape index (κ1) is 21.0. The summed E-state index contributed by atoms with van der Waals surface area (Å²) in [6.07, 6.45) is 0.745. The summed E-state index contributed by atoms with van der Waals surface area (Å²) in [5.74, 6) is -0.161. The fraction of sp³-hybridized carbons (Fsp3) is 0.391. The minimum Gasteiger partial charge on any atom is -0.340 e. The molecule has 2 aromatic rings. The van der Waals surface area contributed by atoms with E-state index in [-0.39, 0.29) is 17.6 Å². The number of hydrogen-bond acceptors (Lipinski definition) is 3. The van der Waals surface area contributed by atoms with Crippen LogP contribution in [0.5, 0.6) is 0 Å². The van der Waals surface area contributed by atoms with Crippen molar-refractivity contribution < 1.29 is 14.0 Å². The molecule has 5 nitrogen and oxygen atoms in total. The first-order chi connectivity index (χ1) is 14.0. The quantitative estimate of drug-likeness (QED) is 0.752. The first-order valence-corrected chi connectivity index (χ1v) is 10.1. The highest BCUT2D eigenvalue weighted by Crippen LogP contribution is 2.20. The van der Waals surface area contributed by atoms with Crippen molar-refractivity contribution in [3.63, 3.8) is 0 Å². The zero-order valence-electron chi connectivity index (χ0n) is 17.1. The molecule has 2 amide bonds. The van der Waals surface area contributed by atoms with Crippen LogP contribution in [-0.2, 0) is 22.6 Å². The van der Waals surface area contributed by atoms with Crippen molar-refractivity contribution in [2.75, 3.05) is 38.1 Å². The minimum atomic E-state index is -0.295. The van der Waals surface area contributed by atoms with Gasteiger partial charge in [0.1, 0.15) is 5.82 Å². The Morgan fingerprint density at radius 2 is 1.52 bits per heavy atom. The molecule has 6 heteroatoms. The van der Waals surface area contributed by atoms with Gasteiger partial charge in [0.2, 0.25) is 11.8 Å². The van der Waals surface area contributed by atoms with Gasteiger partial charge in [0.25, 0.3) is 0 Å². The second-order valence-corrected chi connectivity index (χ2v) is 7.49. The summed E-state index contributed by atoms with van der Waals surface area (Å²) in [4.78, 5) is 30.8. The molecule has 1 heterocycles. The third-order valence-electron chi connectivity index (χ3n) is 5.32. The number of rotatable bonds is 6. The van der Waals surface area contributed by atoms with Gasteiger partial charge in [0, 0.05) is 38.3 Å². The molecule has 2 aromatic carbocycles. The maximum Gasteiger partial charge on any atom is 0.227 e. The Balaban J connectivity index is 1.67. The lowest BCUT2D eigenvalue weighted by Gasteiger charge is -2.32. The number of piperazine rings is 1. The summed E-state index contributed by atoms with van der Waals surface area (Å²) < 4.78 is 13.2. The number of carbonyl (C=O) groups is 2. The standard InChI is InChI=1S/C23H28FN3O2/c1-3-22(28)27(17-19-4-8-20(24)9-5-19)21-10-6-18(7-11-21)16-23(29)26-14-12-25(2)13-15-26/h4-11H,3,12-17H2,1-2H3. The topological polar surface area (TPSA) is 43.9 Å². The second kappa shape index (κ2) is 9.65. The summed E-state index contributed by atoms with van der Waals surface area (Å²) in [6.45, 7) is 5.55. The highest BCUT2D eigenvalue weighted by atomic mass is 19.1. The van der Waals surface area contributed by atoms with Crippen LogP contribution >= 0.6 is 0 Å². The molecule has 154 valence electrons. The smallest absolute Gasteiger partial charge is 0.227 e. The van der Waals surface area contributed by atoms with Gasteiger partial charge in [0.15, 0.2) is 0 Å². The van der Waals surface area contributed by atoms with E-state index in [9.17, 15) is 14.0 Å². The van der Waals surface area contributed by atoms with Crippen molar-refractivity contribution in [3.8, 4) is 0 Å². The van der Waals surface area contributed by atoms with Crippen LogP contribution in [0.15, 0.2) is 48.5 Å². The van der Waals surface area contributed by atoms with Crippen LogP contribution in [0, 0.1) is 5.82 Å². The molecule has 1 saturated heterocycles. The molecular weight excluding hydrogens is 369 g/mol. The van der Waals surface area contributed by atoms with Crippen LogP contribution in [0.3, 0.4) is 0 Å². The molecule has 0 atom stereocenters. The average Bonchev–Trinajstić information content (AvgIpc) is 2.74. The summed E-state index contributed by atoms with van der Waals surface area (Å²) in [5, 5.41) is 0. The van der Waals surface area contributed by atoms with Crippen LogP contribution in [-0.4, -0.2) is 54.8 Å². The Morgan fingerprint density at radius 1 is 0.931 bits per heavy atom. The lowest BCUT2D eigenvalue weighted by molar-refractivity contribution is -0.132. The van der Waals surface area contributed by atoms with Gasteiger partial charge in [-0.25, -0.2) is 4.39 Å². The van der Waals surface area contributed by atoms with Gasteiger partial charge in [0.05, 0.1) is 13.0 Å². The van der Waals surface area contributed by atoms with E-state index >= 15 is 0 Å². The highest BCUT2D eigenvalue weighted by molar-refractivity contribution is 5.93. The molecular formula is C23H28FN3O2. The van der Waals surface area contributed by atoms with Crippen molar-refractivity contribution in [1.29, 1.82) is 0 Å². The maximum atomic E-state index is 13.2. The van der Waals surface area contributed by atoms with Crippen molar-refractivity contribution in [2.45, 2.75) is 26.3 Å². The van der Waals surface area contributed by atoms with Crippen molar-refractivity contribution in [3.05, 3.63) is 65.5 Å². The molecule has 0 spiro atoms. The number of amides is 2. The largest absolute Gasteiger partial charge is 0.340 e. The predicted octanol–water partition coefficient (Wildman–Crippen LogP) is 3.09. The van der Waals surface area contributed by atoms with Crippen LogP contribution < -0.4 is 4.90 Å². The van der Waals surface area contributed by atoms with E-state index in [2.05, 4.69) is 11.9 Å². The van der Waals surface area contributed by atoms with Crippen molar-refractivity contribution >= 4 is 17.5 Å². The Labute approximate surface area is 171 Å². The van der Waals surface area contributed by atoms with Gasteiger partial charge in [-0.05, 0) is 42.4 Å². The minimum absolute atomic E-state index is 0.00409. The van der Waals surface area contributed by atoms with Gasteiger partial charge >= 0.3 is 0 Å². The molecule has 3 rings (SSSR count). The lowest BCUT2D eigenvalue weighted by atomic mass is 10.1. The Bertz CT molecular complexity index is 828. The molecule has 0 saturated carbocycles. The zero-order chi connectivity index (χ0) is 20.8. The molecule has 0 radical (unpaired) electrons. The molecule has 1 aliphatic heterocycles. The monoisotopic (exact) mass is 397 g/mol. The second-order valence-electron chi connectivity index (χ2n) is 7.49. The van der Waals surface area contributed by atoms with Crippen molar-refractivity contribution in [2.24, 2.45) is 0 Å². The van der Waals surface area contributed by atoms with E-state index < -0.39 is 0 Å². The van der Waals surface area contributed by atoms with Crippen LogP contribution in [0.4, 0.5) is 10.1 Å². The molecule has 29 heavy (non-hydrogen) atoms. The van der Waals surface area contributed by atoms with E-state index in [0.717, 1.165) is 43.0 Å². The summed E-state index contributed by atoms with van der Waals surface area (Å²) in [6, 6.07) is 13.7. The Morgan fingerprint density at radius 3 is 2.10 bits per heavy atom. The molecule has 0 aliphatic carbocycles. The average molecular weight is 397 g/mol. The summed E-state index contributed by atoms with van der Waals surface area (Å²) >= 11 is 0. The zero-order valence-corrected chi connectivity index (χ0v) is 17.1. The Hall–Kier alpha value is -2.73. The number of halogens is 1. The molecule has 0 N–H and O–H groups in total. The highest BCUT2D eigenvalue weighted by Gasteiger charge is 2.19. The van der Waals surface area contributed by atoms with Gasteiger partial charge in [-0.2, -0.15) is 0 Å². The molecule has 0 bridgehead atoms. The number of nitrogens with zero attached hydrogens (tertiary/aromatic N) is 3. The SMILES string of the molecule is CCC(=O)N(Cc1ccc(F)cc1)c1ccc(CC(=O)N2CCN(C)CC2)cc1. The summed E-state index contributed by atoms with van der Waals surface area (Å²) in [5.41, 5.74) is 2.57. The number of benzene rings is 2. The fourth-order valence-corrected chi connectivity index (χ4v) is 3.42. The van der Waals surface area contributed by atoms with E-state index in [0.29, 0.717) is 19.4 Å². The molecule has 1 fully saturated rings. The van der Waals surface area contributed by atoms with E-state index in [1.54, 1.807) is 17.0 Å². The van der Waals surface area contributed by atoms with Crippen LogP contribution in [0.1, 0.15) is 24.5 Å². The van der Waals surface area contributed by atoms with E-state index in [1.807, 2.05) is 36.1 Å². The first-order valence-electron chi connectivity index (χ1n) is 10.1. The van der Waals surface area contributed by atoms with Crippen molar-refractivity contribution in [1.82, 2.24) is 9.80 Å². The van der Waals surface area contributed by atoms with Gasteiger partial charge in [-0.3, -0.25) is 9.59 Å². The number of hydrogen-bond donors (Lipinski definition) is 0. The van der Waals surface area contributed by atoms with E-state index in [1.165, 1.54) is 12.1 Å². The third kappa shape index (κ3) is 5.64. The molecule has 1 aliphatic rings. The molecule has 0 aromatic heterocycles. The van der Waals surface area contributed by atoms with Crippen LogP contribution in [0.2, 0.25) is 0 Å². The fourth-order valence-electron chi connectivity index (χ4n) is 3.42. The van der Waals surface area contributed by atoms with Crippen LogP contribution in [0.25, 0.3) is 0 Å². The molecule has 0 unspecified atom stereocenters. The number of likely N-dealkylation sites (N-methyl/N-ethyl adjacent to an activating group) is 1. The summed E-state index contributed by atoms with van der Waals surface area (Å²) in [7, 11) is 2.07. The predicted molar refractivity (Wildman–Crippen MR) is 112 cm³/mol.